The second-order valence-electron chi connectivity index (χ2n) is 11.2. The molecule has 2 aliphatic heterocycles. The van der Waals surface area contributed by atoms with Crippen molar-refractivity contribution < 1.29 is 0 Å². The molecule has 1 fully saturated rings. The van der Waals surface area contributed by atoms with Gasteiger partial charge in [-0.1, -0.05) is 48.5 Å². The first-order valence-electron chi connectivity index (χ1n) is 14.3. The summed E-state index contributed by atoms with van der Waals surface area (Å²) in [6.45, 7) is 2.99. The van der Waals surface area contributed by atoms with Crippen molar-refractivity contribution in [2.24, 2.45) is 0 Å². The Hall–Kier alpha value is -3.58. The number of nitrogens with zero attached hydrogens (tertiary/aromatic N) is 3. The van der Waals surface area contributed by atoms with Crippen LogP contribution in [-0.2, 0) is 18.4 Å². The van der Waals surface area contributed by atoms with E-state index in [4.69, 9.17) is 0 Å². The number of hydrogen-bond acceptors (Lipinski definition) is 4. The Morgan fingerprint density at radius 3 is 2.23 bits per heavy atom. The van der Waals surface area contributed by atoms with Crippen molar-refractivity contribution in [3.05, 3.63) is 95.8 Å². The van der Waals surface area contributed by atoms with E-state index in [1.54, 1.807) is 0 Å². The maximum absolute atomic E-state index is 4.05. The number of fused-ring (bicyclic) bond motifs is 5. The lowest BCUT2D eigenvalue weighted by molar-refractivity contribution is 0.261. The van der Waals surface area contributed by atoms with Crippen LogP contribution in [0.3, 0.4) is 0 Å². The van der Waals surface area contributed by atoms with Crippen molar-refractivity contribution in [1.82, 2.24) is 24.7 Å². The van der Waals surface area contributed by atoms with Gasteiger partial charge in [0.25, 0.3) is 0 Å². The number of rotatable bonds is 8. The van der Waals surface area contributed by atoms with E-state index in [2.05, 4.69) is 116 Å². The molecule has 1 saturated heterocycles. The lowest BCUT2D eigenvalue weighted by Gasteiger charge is -2.34. The largest absolute Gasteiger partial charge is 0.365 e. The van der Waals surface area contributed by atoms with Crippen LogP contribution >= 0.6 is 0 Å². The van der Waals surface area contributed by atoms with Gasteiger partial charge in [0.15, 0.2) is 0 Å². The first kappa shape index (κ1) is 24.5. The Kier molecular flexibility index (Phi) is 5.99. The zero-order valence-electron chi connectivity index (χ0n) is 23.2. The van der Waals surface area contributed by atoms with Crippen LogP contribution in [0.1, 0.15) is 23.1 Å². The Morgan fingerprint density at radius 2 is 1.49 bits per heavy atom. The smallest absolute Gasteiger partial charge is 0.108 e. The van der Waals surface area contributed by atoms with Crippen LogP contribution in [0.5, 0.6) is 0 Å². The number of likely N-dealkylation sites (N-methyl/N-ethyl adjacent to an activating group) is 3. The summed E-state index contributed by atoms with van der Waals surface area (Å²) in [5.41, 5.74) is 9.09. The first-order chi connectivity index (χ1) is 19.2. The third-order valence-electron chi connectivity index (χ3n) is 9.10. The number of benzene rings is 3. The number of para-hydroxylation sites is 3. The minimum absolute atomic E-state index is 0.171. The molecule has 0 saturated carbocycles. The Balaban J connectivity index is 1.44. The van der Waals surface area contributed by atoms with Gasteiger partial charge in [0, 0.05) is 40.8 Å². The number of hydrogen-bond donors (Lipinski definition) is 3. The molecule has 0 spiro atoms. The monoisotopic (exact) mass is 518 g/mol. The summed E-state index contributed by atoms with van der Waals surface area (Å²) in [6.07, 6.45) is 8.08. The average molecular weight is 519 g/mol. The predicted molar refractivity (Wildman–Crippen MR) is 162 cm³/mol. The van der Waals surface area contributed by atoms with E-state index < -0.39 is 0 Å². The maximum atomic E-state index is 4.05. The molecule has 3 N–H and O–H groups in total. The Labute approximate surface area is 230 Å². The molecule has 7 rings (SSSR count). The molecule has 2 aromatic heterocycles. The van der Waals surface area contributed by atoms with Gasteiger partial charge in [-0.05, 0) is 82.8 Å². The average Bonchev–Trinajstić information content (AvgIpc) is 3.71. The Morgan fingerprint density at radius 1 is 0.821 bits per heavy atom. The van der Waals surface area contributed by atoms with Gasteiger partial charge in [-0.3, -0.25) is 4.90 Å². The molecular formula is C33H38N6. The van der Waals surface area contributed by atoms with Crippen LogP contribution in [0.15, 0.2) is 79.1 Å². The van der Waals surface area contributed by atoms with E-state index in [0.29, 0.717) is 0 Å². The van der Waals surface area contributed by atoms with Gasteiger partial charge >= 0.3 is 0 Å². The first-order valence-corrected chi connectivity index (χ1v) is 14.3. The van der Waals surface area contributed by atoms with E-state index in [9.17, 15) is 0 Å². The minimum atomic E-state index is -0.171. The number of aromatic nitrogens is 2. The molecule has 6 nitrogen and oxygen atoms in total. The third-order valence-corrected chi connectivity index (χ3v) is 9.10. The van der Waals surface area contributed by atoms with Crippen molar-refractivity contribution in [3.63, 3.8) is 0 Å². The summed E-state index contributed by atoms with van der Waals surface area (Å²) in [5.74, 6) is 0. The van der Waals surface area contributed by atoms with Crippen molar-refractivity contribution in [1.29, 1.82) is 0 Å². The second-order valence-corrected chi connectivity index (χ2v) is 11.2. The van der Waals surface area contributed by atoms with Crippen LogP contribution in [0.2, 0.25) is 0 Å². The molecule has 5 aromatic rings. The lowest BCUT2D eigenvalue weighted by atomic mass is 9.87. The van der Waals surface area contributed by atoms with E-state index in [0.717, 1.165) is 38.9 Å². The molecule has 0 radical (unpaired) electrons. The quantitative estimate of drug-likeness (QED) is 0.272. The SMILES string of the molecule is CNCCc1cn(-c2cccc3c2NC2N(C)CCC32n2cc(CCNC)c3ccccc32)c2ccccc12. The maximum Gasteiger partial charge on any atom is 0.108 e. The minimum Gasteiger partial charge on any atom is -0.365 e. The highest BCUT2D eigenvalue weighted by Crippen LogP contribution is 2.52. The summed E-state index contributed by atoms with van der Waals surface area (Å²) in [6, 6.07) is 24.7. The summed E-state index contributed by atoms with van der Waals surface area (Å²) in [4.78, 5) is 2.50. The molecule has 0 aliphatic carbocycles. The molecule has 39 heavy (non-hydrogen) atoms. The second kappa shape index (κ2) is 9.56. The van der Waals surface area contributed by atoms with Gasteiger partial charge in [-0.2, -0.15) is 0 Å². The molecule has 6 heteroatoms. The molecule has 2 aliphatic rings. The predicted octanol–water partition coefficient (Wildman–Crippen LogP) is 4.94. The van der Waals surface area contributed by atoms with E-state index in [1.165, 1.54) is 49.9 Å². The van der Waals surface area contributed by atoms with Crippen LogP contribution in [0, 0.1) is 0 Å². The highest BCUT2D eigenvalue weighted by molar-refractivity contribution is 5.89. The molecule has 0 amide bonds. The van der Waals surface area contributed by atoms with Crippen LogP contribution < -0.4 is 16.0 Å². The molecule has 200 valence electrons. The Bertz CT molecular complexity index is 1660. The summed E-state index contributed by atoms with van der Waals surface area (Å²) < 4.78 is 5.02. The molecule has 4 heterocycles. The number of anilines is 1. The summed E-state index contributed by atoms with van der Waals surface area (Å²) >= 11 is 0. The van der Waals surface area contributed by atoms with Crippen molar-refractivity contribution in [2.45, 2.75) is 31.0 Å². The van der Waals surface area contributed by atoms with Gasteiger partial charge in [0.2, 0.25) is 0 Å². The van der Waals surface area contributed by atoms with Gasteiger partial charge in [0.05, 0.1) is 16.9 Å². The van der Waals surface area contributed by atoms with E-state index in [1.807, 2.05) is 14.1 Å². The lowest BCUT2D eigenvalue weighted by Crippen LogP contribution is -2.46. The normalized spacial score (nSPS) is 20.5. The zero-order chi connectivity index (χ0) is 26.6. The fraction of sp³-hybridized carbons (Fsp3) is 0.333. The fourth-order valence-corrected chi connectivity index (χ4v) is 7.21. The van der Waals surface area contributed by atoms with Crippen molar-refractivity contribution >= 4 is 27.5 Å². The van der Waals surface area contributed by atoms with Gasteiger partial charge in [-0.25, -0.2) is 0 Å². The highest BCUT2D eigenvalue weighted by atomic mass is 15.4. The van der Waals surface area contributed by atoms with Crippen LogP contribution in [0.25, 0.3) is 27.5 Å². The topological polar surface area (TPSA) is 49.2 Å². The van der Waals surface area contributed by atoms with Crippen LogP contribution in [0.4, 0.5) is 5.69 Å². The number of nitrogens with one attached hydrogen (secondary N) is 3. The van der Waals surface area contributed by atoms with Crippen molar-refractivity contribution in [2.75, 3.05) is 46.1 Å². The van der Waals surface area contributed by atoms with E-state index in [-0.39, 0.29) is 11.7 Å². The highest BCUT2D eigenvalue weighted by Gasteiger charge is 2.55. The number of likely N-dealkylation sites (tertiary alicyclic amines) is 1. The standard InChI is InChI=1S/C33H38N6/c1-34-18-15-23-21-38(28-12-6-4-9-25(23)28)30-14-8-11-27-31(30)36-32-33(27,17-20-37(32)3)39-22-24(16-19-35-2)26-10-5-7-13-29(26)39/h4-14,21-22,32,34-36H,15-20H2,1-3H3. The summed E-state index contributed by atoms with van der Waals surface area (Å²) in [5, 5.41) is 13.4. The zero-order valence-corrected chi connectivity index (χ0v) is 23.2. The van der Waals surface area contributed by atoms with Crippen molar-refractivity contribution in [3.8, 4) is 5.69 Å². The molecule has 0 bridgehead atoms. The molecular weight excluding hydrogens is 480 g/mol. The van der Waals surface area contributed by atoms with E-state index >= 15 is 0 Å². The fourth-order valence-electron chi connectivity index (χ4n) is 7.21. The third kappa shape index (κ3) is 3.59. The van der Waals surface area contributed by atoms with Gasteiger partial charge in [-0.15, -0.1) is 0 Å². The van der Waals surface area contributed by atoms with Gasteiger partial charge < -0.3 is 25.1 Å². The molecule has 2 unspecified atom stereocenters. The van der Waals surface area contributed by atoms with Gasteiger partial charge in [0.1, 0.15) is 11.7 Å². The summed E-state index contributed by atoms with van der Waals surface area (Å²) in [7, 11) is 6.32. The molecule has 2 atom stereocenters. The van der Waals surface area contributed by atoms with Crippen LogP contribution in [-0.4, -0.2) is 61.0 Å². The molecule has 3 aromatic carbocycles.